The molecular formula is C21H26Br2. The third-order valence-electron chi connectivity index (χ3n) is 4.28. The maximum Gasteiger partial charge on any atom is 0.0192 e. The zero-order valence-corrected chi connectivity index (χ0v) is 18.0. The average molecular weight is 438 g/mol. The summed E-state index contributed by atoms with van der Waals surface area (Å²) in [6, 6.07) is 11.4. The monoisotopic (exact) mass is 436 g/mol. The van der Waals surface area contributed by atoms with Crippen molar-refractivity contribution in [3.8, 4) is 11.1 Å². The highest BCUT2D eigenvalue weighted by molar-refractivity contribution is 9.11. The smallest absolute Gasteiger partial charge is 0.0192 e. The van der Waals surface area contributed by atoms with Crippen molar-refractivity contribution in [2.75, 3.05) is 0 Å². The standard InChI is InChI=1S/C21H26Br2/c1-12(2)15-9-19(13(3)4)21(20(10-15)14(5)6)16-7-17(22)11-18(23)8-16/h7-14H,1-6H3. The van der Waals surface area contributed by atoms with Gasteiger partial charge in [0.05, 0.1) is 0 Å². The normalized spacial score (nSPS) is 11.8. The average Bonchev–Trinajstić information content (AvgIpc) is 2.44. The molecule has 2 aromatic carbocycles. The van der Waals surface area contributed by atoms with Crippen molar-refractivity contribution in [1.82, 2.24) is 0 Å². The van der Waals surface area contributed by atoms with Crippen LogP contribution in [0.5, 0.6) is 0 Å². The molecule has 0 aliphatic heterocycles. The number of benzene rings is 2. The second-order valence-corrected chi connectivity index (χ2v) is 9.03. The molecule has 0 aromatic heterocycles. The van der Waals surface area contributed by atoms with Gasteiger partial charge in [0.25, 0.3) is 0 Å². The lowest BCUT2D eigenvalue weighted by atomic mass is 9.82. The van der Waals surface area contributed by atoms with Crippen LogP contribution in [0.3, 0.4) is 0 Å². The van der Waals surface area contributed by atoms with E-state index >= 15 is 0 Å². The van der Waals surface area contributed by atoms with Crippen LogP contribution in [0.15, 0.2) is 39.3 Å². The van der Waals surface area contributed by atoms with Crippen LogP contribution in [0.25, 0.3) is 11.1 Å². The maximum atomic E-state index is 3.64. The fourth-order valence-corrected chi connectivity index (χ4v) is 4.28. The van der Waals surface area contributed by atoms with Crippen LogP contribution in [0.2, 0.25) is 0 Å². The quantitative estimate of drug-likeness (QED) is 0.451. The fraction of sp³-hybridized carbons (Fsp3) is 0.429. The number of halogens is 2. The molecule has 0 radical (unpaired) electrons. The molecule has 0 aliphatic rings. The van der Waals surface area contributed by atoms with Gasteiger partial charge in [-0.2, -0.15) is 0 Å². The summed E-state index contributed by atoms with van der Waals surface area (Å²) in [4.78, 5) is 0. The van der Waals surface area contributed by atoms with E-state index in [-0.39, 0.29) is 0 Å². The number of hydrogen-bond acceptors (Lipinski definition) is 0. The van der Waals surface area contributed by atoms with Gasteiger partial charge in [-0.05, 0) is 63.8 Å². The molecule has 0 saturated heterocycles. The van der Waals surface area contributed by atoms with E-state index in [2.05, 4.69) is 104 Å². The van der Waals surface area contributed by atoms with Crippen LogP contribution in [0, 0.1) is 0 Å². The van der Waals surface area contributed by atoms with E-state index in [0.29, 0.717) is 17.8 Å². The summed E-state index contributed by atoms with van der Waals surface area (Å²) in [6.07, 6.45) is 0. The first-order valence-corrected chi connectivity index (χ1v) is 9.93. The highest BCUT2D eigenvalue weighted by Crippen LogP contribution is 2.40. The third kappa shape index (κ3) is 4.28. The zero-order chi connectivity index (χ0) is 17.3. The van der Waals surface area contributed by atoms with Crippen LogP contribution >= 0.6 is 31.9 Å². The molecule has 0 heterocycles. The van der Waals surface area contributed by atoms with Gasteiger partial charge in [0.2, 0.25) is 0 Å². The molecule has 0 unspecified atom stereocenters. The minimum Gasteiger partial charge on any atom is -0.0587 e. The Kier molecular flexibility index (Phi) is 6.13. The SMILES string of the molecule is CC(C)c1cc(C(C)C)c(-c2cc(Br)cc(Br)c2)c(C(C)C)c1. The lowest BCUT2D eigenvalue weighted by Gasteiger charge is -2.23. The molecule has 0 bridgehead atoms. The van der Waals surface area contributed by atoms with Gasteiger partial charge < -0.3 is 0 Å². The molecule has 0 N–H and O–H groups in total. The Labute approximate surface area is 158 Å². The van der Waals surface area contributed by atoms with E-state index in [4.69, 9.17) is 0 Å². The summed E-state index contributed by atoms with van der Waals surface area (Å²) >= 11 is 7.28. The Morgan fingerprint density at radius 1 is 0.609 bits per heavy atom. The van der Waals surface area contributed by atoms with Gasteiger partial charge in [-0.3, -0.25) is 0 Å². The molecule has 2 heteroatoms. The van der Waals surface area contributed by atoms with E-state index in [1.54, 1.807) is 0 Å². The highest BCUT2D eigenvalue weighted by Gasteiger charge is 2.19. The van der Waals surface area contributed by atoms with Crippen molar-refractivity contribution in [3.05, 3.63) is 56.0 Å². The van der Waals surface area contributed by atoms with E-state index < -0.39 is 0 Å². The summed E-state index contributed by atoms with van der Waals surface area (Å²) < 4.78 is 2.22. The van der Waals surface area contributed by atoms with Crippen molar-refractivity contribution in [1.29, 1.82) is 0 Å². The maximum absolute atomic E-state index is 3.64. The molecule has 2 aromatic rings. The fourth-order valence-electron chi connectivity index (χ4n) is 2.99. The third-order valence-corrected chi connectivity index (χ3v) is 5.20. The molecular weight excluding hydrogens is 412 g/mol. The van der Waals surface area contributed by atoms with Crippen molar-refractivity contribution >= 4 is 31.9 Å². The number of hydrogen-bond donors (Lipinski definition) is 0. The van der Waals surface area contributed by atoms with Gasteiger partial charge >= 0.3 is 0 Å². The summed E-state index contributed by atoms with van der Waals surface area (Å²) in [6.45, 7) is 13.7. The Hall–Kier alpha value is -0.600. The first-order chi connectivity index (χ1) is 10.7. The van der Waals surface area contributed by atoms with Crippen molar-refractivity contribution in [2.24, 2.45) is 0 Å². The predicted octanol–water partition coefficient (Wildman–Crippen LogP) is 8.25. The van der Waals surface area contributed by atoms with Crippen molar-refractivity contribution in [2.45, 2.75) is 59.3 Å². The lowest BCUT2D eigenvalue weighted by Crippen LogP contribution is -2.03. The van der Waals surface area contributed by atoms with Gasteiger partial charge in [-0.1, -0.05) is 85.5 Å². The first-order valence-electron chi connectivity index (χ1n) is 8.34. The zero-order valence-electron chi connectivity index (χ0n) is 14.9. The van der Waals surface area contributed by atoms with E-state index in [1.807, 2.05) is 0 Å². The Morgan fingerprint density at radius 3 is 1.39 bits per heavy atom. The van der Waals surface area contributed by atoms with Crippen molar-refractivity contribution < 1.29 is 0 Å². The van der Waals surface area contributed by atoms with E-state index in [9.17, 15) is 0 Å². The van der Waals surface area contributed by atoms with E-state index in [0.717, 1.165) is 8.95 Å². The summed E-state index contributed by atoms with van der Waals surface area (Å²) in [5, 5.41) is 0. The van der Waals surface area contributed by atoms with Crippen molar-refractivity contribution in [3.63, 3.8) is 0 Å². The first kappa shape index (κ1) is 18.7. The molecule has 0 fully saturated rings. The van der Waals surface area contributed by atoms with Crippen LogP contribution < -0.4 is 0 Å². The van der Waals surface area contributed by atoms with Crippen LogP contribution in [-0.2, 0) is 0 Å². The number of rotatable bonds is 4. The molecule has 2 rings (SSSR count). The topological polar surface area (TPSA) is 0 Å². The van der Waals surface area contributed by atoms with Gasteiger partial charge in [0.15, 0.2) is 0 Å². The molecule has 0 amide bonds. The van der Waals surface area contributed by atoms with Crippen LogP contribution in [-0.4, -0.2) is 0 Å². The van der Waals surface area contributed by atoms with Gasteiger partial charge in [-0.15, -0.1) is 0 Å². The van der Waals surface area contributed by atoms with Crippen LogP contribution in [0.1, 0.15) is 76.0 Å². The molecule has 0 spiro atoms. The summed E-state index contributed by atoms with van der Waals surface area (Å²) in [5.74, 6) is 1.55. The van der Waals surface area contributed by atoms with Crippen LogP contribution in [0.4, 0.5) is 0 Å². The van der Waals surface area contributed by atoms with Gasteiger partial charge in [0.1, 0.15) is 0 Å². The van der Waals surface area contributed by atoms with E-state index in [1.165, 1.54) is 27.8 Å². The predicted molar refractivity (Wildman–Crippen MR) is 110 cm³/mol. The Bertz CT molecular complexity index is 648. The second kappa shape index (κ2) is 7.53. The Morgan fingerprint density at radius 2 is 1.04 bits per heavy atom. The Balaban J connectivity index is 2.83. The minimum atomic E-state index is 0.499. The molecule has 0 aliphatic carbocycles. The lowest BCUT2D eigenvalue weighted by molar-refractivity contribution is 0.807. The molecule has 23 heavy (non-hydrogen) atoms. The van der Waals surface area contributed by atoms with Gasteiger partial charge in [0, 0.05) is 8.95 Å². The second-order valence-electron chi connectivity index (χ2n) is 7.20. The molecule has 0 atom stereocenters. The molecule has 0 saturated carbocycles. The van der Waals surface area contributed by atoms with Gasteiger partial charge in [-0.25, -0.2) is 0 Å². The molecule has 0 nitrogen and oxygen atoms in total. The minimum absolute atomic E-state index is 0.499. The highest BCUT2D eigenvalue weighted by atomic mass is 79.9. The summed E-state index contributed by atoms with van der Waals surface area (Å²) in [7, 11) is 0. The largest absolute Gasteiger partial charge is 0.0587 e. The summed E-state index contributed by atoms with van der Waals surface area (Å²) in [5.41, 5.74) is 7.03. The molecule has 124 valence electrons.